The molecule has 1 aliphatic heterocycles. The van der Waals surface area contributed by atoms with Gasteiger partial charge in [0.1, 0.15) is 53.7 Å². The molecular weight excluding hydrogens is 488 g/mol. The average Bonchev–Trinajstić information content (AvgIpc) is 3.34. The van der Waals surface area contributed by atoms with Gasteiger partial charge >= 0.3 is 6.16 Å². The van der Waals surface area contributed by atoms with Crippen molar-refractivity contribution in [1.29, 1.82) is 0 Å². The number of Topliss-reactive ketones (excluding diaryl/α,β-unsaturated/α-hetero) is 1. The van der Waals surface area contributed by atoms with Crippen LogP contribution in [0.25, 0.3) is 11.0 Å². The Kier molecular flexibility index (Phi) is 7.98. The fourth-order valence-corrected chi connectivity index (χ4v) is 4.15. The molecule has 2 aromatic carbocycles. The third kappa shape index (κ3) is 5.86. The summed E-state index contributed by atoms with van der Waals surface area (Å²) in [6.07, 6.45) is -6.86. The average molecular weight is 516 g/mol. The number of aryl methyl sites for hydroxylation is 2. The van der Waals surface area contributed by atoms with Crippen molar-refractivity contribution in [3.63, 3.8) is 0 Å². The Morgan fingerprint density at radius 2 is 1.81 bits per heavy atom. The number of methoxy groups -OCH3 is 1. The Bertz CT molecular complexity index is 1270. The quantitative estimate of drug-likeness (QED) is 0.256. The first-order valence-corrected chi connectivity index (χ1v) is 11.6. The van der Waals surface area contributed by atoms with Crippen LogP contribution in [0.1, 0.15) is 27.9 Å². The second-order valence-corrected chi connectivity index (χ2v) is 8.77. The summed E-state index contributed by atoms with van der Waals surface area (Å²) in [5, 5.41) is 42.5. The summed E-state index contributed by atoms with van der Waals surface area (Å²) in [4.78, 5) is 24.5. The molecule has 4 rings (SSSR count). The summed E-state index contributed by atoms with van der Waals surface area (Å²) in [5.41, 5.74) is 2.07. The van der Waals surface area contributed by atoms with Crippen molar-refractivity contribution in [1.82, 2.24) is 0 Å². The summed E-state index contributed by atoms with van der Waals surface area (Å²) in [6, 6.07) is 10.3. The number of phenols is 1. The minimum atomic E-state index is -1.71. The Labute approximate surface area is 211 Å². The number of ether oxygens (including phenoxy) is 4. The Hall–Kier alpha value is -3.64. The van der Waals surface area contributed by atoms with E-state index < -0.39 is 49.3 Å². The van der Waals surface area contributed by atoms with Gasteiger partial charge in [0, 0.05) is 11.8 Å². The second kappa shape index (κ2) is 11.2. The zero-order valence-corrected chi connectivity index (χ0v) is 20.2. The predicted octanol–water partition coefficient (Wildman–Crippen LogP) is 2.23. The number of carbonyl (C=O) groups excluding carboxylic acids is 2. The van der Waals surface area contributed by atoms with Crippen molar-refractivity contribution in [2.75, 3.05) is 13.7 Å². The number of benzene rings is 2. The van der Waals surface area contributed by atoms with E-state index in [1.807, 2.05) is 24.3 Å². The molecule has 1 saturated heterocycles. The highest BCUT2D eigenvalue weighted by molar-refractivity contribution is 6.01. The molecular formula is C26H28O11. The number of phenolic OH excluding ortho intramolecular Hbond substituents is 1. The zero-order chi connectivity index (χ0) is 26.7. The number of fused-ring (bicyclic) bond motifs is 1. The molecule has 11 heteroatoms. The van der Waals surface area contributed by atoms with E-state index in [0.717, 1.165) is 23.6 Å². The highest BCUT2D eigenvalue weighted by Gasteiger charge is 2.46. The lowest BCUT2D eigenvalue weighted by molar-refractivity contribution is -0.277. The maximum Gasteiger partial charge on any atom is 0.508 e. The zero-order valence-electron chi connectivity index (χ0n) is 20.2. The second-order valence-electron chi connectivity index (χ2n) is 8.77. The molecule has 5 atom stereocenters. The summed E-state index contributed by atoms with van der Waals surface area (Å²) in [7, 11) is 1.10. The van der Waals surface area contributed by atoms with Gasteiger partial charge in [0.15, 0.2) is 5.78 Å². The lowest BCUT2D eigenvalue weighted by atomic mass is 9.98. The van der Waals surface area contributed by atoms with Gasteiger partial charge in [0.2, 0.25) is 6.29 Å². The highest BCUT2D eigenvalue weighted by Crippen LogP contribution is 2.34. The van der Waals surface area contributed by atoms with Crippen molar-refractivity contribution in [3.8, 4) is 11.5 Å². The van der Waals surface area contributed by atoms with E-state index in [4.69, 9.17) is 18.6 Å². The number of furan rings is 1. The van der Waals surface area contributed by atoms with Gasteiger partial charge in [-0.2, -0.15) is 0 Å². The van der Waals surface area contributed by atoms with Crippen LogP contribution in [0.4, 0.5) is 4.79 Å². The van der Waals surface area contributed by atoms with Gasteiger partial charge in [-0.3, -0.25) is 4.79 Å². The molecule has 3 aromatic rings. The molecule has 37 heavy (non-hydrogen) atoms. The molecule has 1 aromatic heterocycles. The minimum Gasteiger partial charge on any atom is -0.507 e. The third-order valence-corrected chi connectivity index (χ3v) is 6.11. The Morgan fingerprint density at radius 3 is 2.57 bits per heavy atom. The van der Waals surface area contributed by atoms with Crippen LogP contribution in [0.15, 0.2) is 47.1 Å². The largest absolute Gasteiger partial charge is 0.508 e. The monoisotopic (exact) mass is 516 g/mol. The molecule has 1 aliphatic rings. The van der Waals surface area contributed by atoms with E-state index in [2.05, 4.69) is 4.74 Å². The number of aliphatic hydroxyl groups is 3. The number of rotatable bonds is 8. The summed E-state index contributed by atoms with van der Waals surface area (Å²) in [5.74, 6) is -0.814. The molecule has 0 saturated carbocycles. The van der Waals surface area contributed by atoms with Crippen LogP contribution >= 0.6 is 0 Å². The van der Waals surface area contributed by atoms with Gasteiger partial charge < -0.3 is 43.8 Å². The number of ketones is 1. The molecule has 1 fully saturated rings. The number of aliphatic hydroxyl groups excluding tert-OH is 3. The van der Waals surface area contributed by atoms with Gasteiger partial charge in [0.25, 0.3) is 0 Å². The minimum absolute atomic E-state index is 0.0430. The standard InChI is InChI=1S/C26H28O11/c1-13-9-17(28)21(16(27)5-3-14-4-6-18-15(11-14)7-8-34-18)19(10-13)36-25-24(31)23(30)22(29)20(37-25)12-35-26(32)33-2/h4,6-11,20,22-25,28-31H,3,5,12H2,1-2H3/t20?,22-,23?,24-,25-/m1/s1. The summed E-state index contributed by atoms with van der Waals surface area (Å²) in [6.45, 7) is 1.17. The first-order valence-electron chi connectivity index (χ1n) is 11.6. The maximum atomic E-state index is 13.2. The first-order chi connectivity index (χ1) is 17.7. The van der Waals surface area contributed by atoms with Crippen LogP contribution in [0.2, 0.25) is 0 Å². The van der Waals surface area contributed by atoms with Crippen molar-refractivity contribution in [2.24, 2.45) is 0 Å². The van der Waals surface area contributed by atoms with Crippen molar-refractivity contribution < 1.29 is 53.4 Å². The molecule has 0 radical (unpaired) electrons. The molecule has 0 bridgehead atoms. The molecule has 4 N–H and O–H groups in total. The number of hydrogen-bond donors (Lipinski definition) is 4. The van der Waals surface area contributed by atoms with Gasteiger partial charge in [0.05, 0.1) is 13.4 Å². The molecule has 11 nitrogen and oxygen atoms in total. The Morgan fingerprint density at radius 1 is 1.03 bits per heavy atom. The van der Waals surface area contributed by atoms with Gasteiger partial charge in [-0.1, -0.05) is 6.07 Å². The first kappa shape index (κ1) is 26.4. The van der Waals surface area contributed by atoms with Crippen molar-refractivity contribution in [3.05, 3.63) is 59.4 Å². The van der Waals surface area contributed by atoms with E-state index in [-0.39, 0.29) is 23.5 Å². The van der Waals surface area contributed by atoms with E-state index in [0.29, 0.717) is 12.0 Å². The molecule has 198 valence electrons. The highest BCUT2D eigenvalue weighted by atomic mass is 16.7. The van der Waals surface area contributed by atoms with Crippen LogP contribution in [0, 0.1) is 6.92 Å². The smallest absolute Gasteiger partial charge is 0.507 e. The van der Waals surface area contributed by atoms with Crippen LogP contribution < -0.4 is 4.74 Å². The Balaban J connectivity index is 1.52. The molecule has 0 aliphatic carbocycles. The van der Waals surface area contributed by atoms with E-state index in [1.54, 1.807) is 13.2 Å². The third-order valence-electron chi connectivity index (χ3n) is 6.11. The molecule has 0 amide bonds. The van der Waals surface area contributed by atoms with Crippen LogP contribution in [0.5, 0.6) is 11.5 Å². The normalized spacial score (nSPS) is 23.5. The predicted molar refractivity (Wildman–Crippen MR) is 127 cm³/mol. The number of hydrogen-bond acceptors (Lipinski definition) is 11. The van der Waals surface area contributed by atoms with E-state index in [1.165, 1.54) is 12.1 Å². The van der Waals surface area contributed by atoms with Crippen LogP contribution in [-0.2, 0) is 20.6 Å². The molecule has 0 spiro atoms. The summed E-state index contributed by atoms with van der Waals surface area (Å²) < 4.78 is 25.8. The lowest BCUT2D eigenvalue weighted by Gasteiger charge is -2.40. The fourth-order valence-electron chi connectivity index (χ4n) is 4.15. The fraction of sp³-hybridized carbons (Fsp3) is 0.385. The maximum absolute atomic E-state index is 13.2. The van der Waals surface area contributed by atoms with Crippen LogP contribution in [-0.4, -0.2) is 76.8 Å². The number of carbonyl (C=O) groups is 2. The van der Waals surface area contributed by atoms with Crippen molar-refractivity contribution >= 4 is 22.9 Å². The van der Waals surface area contributed by atoms with E-state index in [9.17, 15) is 30.0 Å². The topological polar surface area (TPSA) is 165 Å². The lowest BCUT2D eigenvalue weighted by Crippen LogP contribution is -2.60. The van der Waals surface area contributed by atoms with Crippen LogP contribution in [0.3, 0.4) is 0 Å². The van der Waals surface area contributed by atoms with Gasteiger partial charge in [-0.15, -0.1) is 0 Å². The summed E-state index contributed by atoms with van der Waals surface area (Å²) >= 11 is 0. The van der Waals surface area contributed by atoms with Gasteiger partial charge in [-0.25, -0.2) is 4.79 Å². The SMILES string of the molecule is COC(=O)OCC1O[C@@H](Oc2cc(C)cc(O)c2C(=O)CCc2ccc3occc3c2)[C@H](O)C(O)[C@@H]1O. The number of aromatic hydroxyl groups is 1. The molecule has 2 unspecified atom stereocenters. The van der Waals surface area contributed by atoms with Gasteiger partial charge in [-0.05, 0) is 54.8 Å². The van der Waals surface area contributed by atoms with E-state index >= 15 is 0 Å². The molecule has 2 heterocycles. The van der Waals surface area contributed by atoms with Crippen molar-refractivity contribution in [2.45, 2.75) is 50.5 Å².